The molecule has 0 atom stereocenters. The second-order valence-corrected chi connectivity index (χ2v) is 8.00. The summed E-state index contributed by atoms with van der Waals surface area (Å²) in [5.74, 6) is -1.65. The Bertz CT molecular complexity index is 1000. The first-order valence-corrected chi connectivity index (χ1v) is 11.4. The van der Waals surface area contributed by atoms with E-state index in [2.05, 4.69) is 10.6 Å². The van der Waals surface area contributed by atoms with Crippen molar-refractivity contribution >= 4 is 35.1 Å². The number of anilines is 2. The molecule has 2 rings (SSSR count). The Balaban J connectivity index is 1.66. The van der Waals surface area contributed by atoms with Gasteiger partial charge in [-0.1, -0.05) is 25.5 Å². The first kappa shape index (κ1) is 26.6. The number of nitrogens with one attached hydrogen (secondary N) is 2. The van der Waals surface area contributed by atoms with Crippen LogP contribution in [0.25, 0.3) is 0 Å². The van der Waals surface area contributed by atoms with Crippen LogP contribution >= 0.6 is 0 Å². The zero-order valence-corrected chi connectivity index (χ0v) is 19.9. The number of esters is 2. The topological polar surface area (TPSA) is 111 Å². The summed E-state index contributed by atoms with van der Waals surface area (Å²) in [6.07, 6.45) is 2.25. The molecule has 0 fully saturated rings. The number of ether oxygens (including phenoxy) is 2. The lowest BCUT2D eigenvalue weighted by Gasteiger charge is -2.09. The number of rotatable bonds is 12. The van der Waals surface area contributed by atoms with E-state index in [9.17, 15) is 19.2 Å². The standard InChI is InChI=1S/C26H32N2O6/c1-4-5-15-33-26(32)20-11-13-21(14-12-20)27-24(30)17-34-25(31)8-6-7-23(29)28-22-16-18(2)9-10-19(22)3/h9-14,16H,4-8,15,17H2,1-3H3,(H,27,30)(H,28,29). The lowest BCUT2D eigenvalue weighted by atomic mass is 10.1. The third-order valence-electron chi connectivity index (χ3n) is 4.95. The van der Waals surface area contributed by atoms with Crippen molar-refractivity contribution < 1.29 is 28.7 Å². The molecule has 0 aliphatic heterocycles. The van der Waals surface area contributed by atoms with E-state index < -0.39 is 24.5 Å². The molecule has 2 N–H and O–H groups in total. The van der Waals surface area contributed by atoms with E-state index in [0.29, 0.717) is 24.3 Å². The van der Waals surface area contributed by atoms with Crippen LogP contribution in [0.3, 0.4) is 0 Å². The predicted octanol–water partition coefficient (Wildman–Crippen LogP) is 4.55. The summed E-state index contributed by atoms with van der Waals surface area (Å²) in [5, 5.41) is 5.44. The molecule has 2 aromatic rings. The maximum absolute atomic E-state index is 12.1. The van der Waals surface area contributed by atoms with Crippen LogP contribution in [-0.2, 0) is 23.9 Å². The van der Waals surface area contributed by atoms with Gasteiger partial charge in [0.1, 0.15) is 0 Å². The molecule has 0 spiro atoms. The SMILES string of the molecule is CCCCOC(=O)c1ccc(NC(=O)COC(=O)CCCC(=O)Nc2cc(C)ccc2C)cc1. The van der Waals surface area contributed by atoms with Gasteiger partial charge in [0.05, 0.1) is 12.2 Å². The van der Waals surface area contributed by atoms with Gasteiger partial charge in [0.15, 0.2) is 6.61 Å². The van der Waals surface area contributed by atoms with Crippen molar-refractivity contribution in [3.63, 3.8) is 0 Å². The fourth-order valence-corrected chi connectivity index (χ4v) is 2.97. The van der Waals surface area contributed by atoms with Crippen LogP contribution in [0.2, 0.25) is 0 Å². The Morgan fingerprint density at radius 3 is 2.26 bits per heavy atom. The number of carbonyl (C=O) groups excluding carboxylic acids is 4. The molecule has 0 saturated carbocycles. The molecule has 8 nitrogen and oxygen atoms in total. The summed E-state index contributed by atoms with van der Waals surface area (Å²) in [4.78, 5) is 47.9. The van der Waals surface area contributed by atoms with Gasteiger partial charge in [-0.25, -0.2) is 4.79 Å². The maximum Gasteiger partial charge on any atom is 0.338 e. The number of hydrogen-bond acceptors (Lipinski definition) is 6. The summed E-state index contributed by atoms with van der Waals surface area (Å²) >= 11 is 0. The maximum atomic E-state index is 12.1. The number of aryl methyl sites for hydroxylation is 2. The largest absolute Gasteiger partial charge is 0.462 e. The molecule has 8 heteroatoms. The highest BCUT2D eigenvalue weighted by Gasteiger charge is 2.11. The van der Waals surface area contributed by atoms with Crippen LogP contribution in [0.1, 0.15) is 60.5 Å². The fourth-order valence-electron chi connectivity index (χ4n) is 2.97. The van der Waals surface area contributed by atoms with Gasteiger partial charge in [-0.2, -0.15) is 0 Å². The Hall–Kier alpha value is -3.68. The smallest absolute Gasteiger partial charge is 0.338 e. The average Bonchev–Trinajstić information content (AvgIpc) is 2.80. The van der Waals surface area contributed by atoms with Crippen LogP contribution in [0.4, 0.5) is 11.4 Å². The van der Waals surface area contributed by atoms with Crippen LogP contribution in [-0.4, -0.2) is 37.0 Å². The third-order valence-corrected chi connectivity index (χ3v) is 4.95. The normalized spacial score (nSPS) is 10.3. The van der Waals surface area contributed by atoms with Crippen molar-refractivity contribution in [3.8, 4) is 0 Å². The van der Waals surface area contributed by atoms with Crippen molar-refractivity contribution in [2.24, 2.45) is 0 Å². The molecule has 0 aliphatic carbocycles. The number of unbranched alkanes of at least 4 members (excludes halogenated alkanes) is 1. The van der Waals surface area contributed by atoms with E-state index in [4.69, 9.17) is 9.47 Å². The van der Waals surface area contributed by atoms with Crippen LogP contribution in [0.15, 0.2) is 42.5 Å². The van der Waals surface area contributed by atoms with Crippen LogP contribution < -0.4 is 10.6 Å². The van der Waals surface area contributed by atoms with Gasteiger partial charge < -0.3 is 20.1 Å². The van der Waals surface area contributed by atoms with E-state index in [1.807, 2.05) is 39.0 Å². The second kappa shape index (κ2) is 13.8. The number of amides is 2. The van der Waals surface area contributed by atoms with E-state index in [1.165, 1.54) is 0 Å². The molecule has 0 radical (unpaired) electrons. The minimum Gasteiger partial charge on any atom is -0.462 e. The fraction of sp³-hybridized carbons (Fsp3) is 0.385. The summed E-state index contributed by atoms with van der Waals surface area (Å²) in [6, 6.07) is 12.1. The molecule has 0 unspecified atom stereocenters. The molecule has 0 aromatic heterocycles. The quantitative estimate of drug-likeness (QED) is 0.349. The first-order valence-electron chi connectivity index (χ1n) is 11.4. The summed E-state index contributed by atoms with van der Waals surface area (Å²) in [6.45, 7) is 5.80. The van der Waals surface area contributed by atoms with Gasteiger partial charge in [0.25, 0.3) is 5.91 Å². The van der Waals surface area contributed by atoms with Crippen LogP contribution in [0.5, 0.6) is 0 Å². The lowest BCUT2D eigenvalue weighted by molar-refractivity contribution is -0.147. The Kier molecular flexibility index (Phi) is 10.8. The van der Waals surface area contributed by atoms with Crippen molar-refractivity contribution in [3.05, 3.63) is 59.2 Å². The third kappa shape index (κ3) is 9.44. The molecule has 182 valence electrons. The van der Waals surface area contributed by atoms with Gasteiger partial charge in [0.2, 0.25) is 5.91 Å². The molecule has 0 bridgehead atoms. The van der Waals surface area contributed by atoms with Gasteiger partial charge in [-0.3, -0.25) is 14.4 Å². The Labute approximate surface area is 200 Å². The van der Waals surface area contributed by atoms with Gasteiger partial charge in [-0.15, -0.1) is 0 Å². The van der Waals surface area contributed by atoms with Crippen molar-refractivity contribution in [1.29, 1.82) is 0 Å². The van der Waals surface area contributed by atoms with E-state index in [0.717, 1.165) is 29.7 Å². The van der Waals surface area contributed by atoms with Crippen molar-refractivity contribution in [1.82, 2.24) is 0 Å². The molecule has 0 aliphatic rings. The van der Waals surface area contributed by atoms with Crippen molar-refractivity contribution in [2.75, 3.05) is 23.8 Å². The summed E-state index contributed by atoms with van der Waals surface area (Å²) < 4.78 is 10.1. The van der Waals surface area contributed by atoms with E-state index in [1.54, 1.807) is 24.3 Å². The van der Waals surface area contributed by atoms with Gasteiger partial charge in [0, 0.05) is 24.2 Å². The molecule has 2 amide bonds. The van der Waals surface area contributed by atoms with E-state index >= 15 is 0 Å². The molecule has 34 heavy (non-hydrogen) atoms. The van der Waals surface area contributed by atoms with Gasteiger partial charge in [-0.05, 0) is 68.1 Å². The molecule has 0 heterocycles. The summed E-state index contributed by atoms with van der Waals surface area (Å²) in [7, 11) is 0. The second-order valence-electron chi connectivity index (χ2n) is 8.00. The van der Waals surface area contributed by atoms with Crippen LogP contribution in [0, 0.1) is 13.8 Å². The molecular weight excluding hydrogens is 436 g/mol. The number of hydrogen-bond donors (Lipinski definition) is 2. The monoisotopic (exact) mass is 468 g/mol. The highest BCUT2D eigenvalue weighted by Crippen LogP contribution is 2.17. The molecule has 2 aromatic carbocycles. The van der Waals surface area contributed by atoms with Crippen molar-refractivity contribution in [2.45, 2.75) is 52.9 Å². The first-order chi connectivity index (χ1) is 16.3. The highest BCUT2D eigenvalue weighted by atomic mass is 16.5. The van der Waals surface area contributed by atoms with Gasteiger partial charge >= 0.3 is 11.9 Å². The molecular formula is C26H32N2O6. The highest BCUT2D eigenvalue weighted by molar-refractivity contribution is 5.94. The lowest BCUT2D eigenvalue weighted by Crippen LogP contribution is -2.21. The minimum absolute atomic E-state index is 0.0301. The Morgan fingerprint density at radius 2 is 1.56 bits per heavy atom. The average molecular weight is 469 g/mol. The number of carbonyl (C=O) groups is 4. The number of benzene rings is 2. The zero-order valence-electron chi connectivity index (χ0n) is 19.9. The zero-order chi connectivity index (χ0) is 24.9. The molecule has 0 saturated heterocycles. The summed E-state index contributed by atoms with van der Waals surface area (Å²) in [5.41, 5.74) is 3.62. The van der Waals surface area contributed by atoms with E-state index in [-0.39, 0.29) is 18.7 Å². The Morgan fingerprint density at radius 1 is 0.824 bits per heavy atom. The minimum atomic E-state index is -0.556. The predicted molar refractivity (Wildman–Crippen MR) is 130 cm³/mol.